The first-order valence-electron chi connectivity index (χ1n) is 6.83. The fraction of sp³-hybridized carbons (Fsp3) is 0.333. The molecule has 1 aromatic carbocycles. The van der Waals surface area contributed by atoms with Gasteiger partial charge in [-0.2, -0.15) is 0 Å². The average molecular weight is 383 g/mol. The molecule has 1 fully saturated rings. The maximum absolute atomic E-state index is 11.9. The summed E-state index contributed by atoms with van der Waals surface area (Å²) in [7, 11) is 3.21. The van der Waals surface area contributed by atoms with Crippen molar-refractivity contribution in [2.45, 2.75) is 12.8 Å². The minimum Gasteiger partial charge on any atom is -0.493 e. The van der Waals surface area contributed by atoms with Gasteiger partial charge >= 0.3 is 0 Å². The van der Waals surface area contributed by atoms with Gasteiger partial charge in [-0.15, -0.1) is 0 Å². The topological polar surface area (TPSA) is 51.7 Å². The van der Waals surface area contributed by atoms with Gasteiger partial charge < -0.3 is 9.47 Å². The highest BCUT2D eigenvalue weighted by atomic mass is 79.9. The summed E-state index contributed by atoms with van der Waals surface area (Å²) in [6.45, 7) is 0.740. The number of rotatable bonds is 4. The number of carbonyl (C=O) groups is 1. The van der Waals surface area contributed by atoms with Gasteiger partial charge in [0.25, 0.3) is 0 Å². The molecule has 1 aliphatic heterocycles. The van der Waals surface area contributed by atoms with Crippen LogP contribution in [0.1, 0.15) is 12.8 Å². The highest BCUT2D eigenvalue weighted by molar-refractivity contribution is 9.11. The number of halogens is 1. The van der Waals surface area contributed by atoms with Crippen molar-refractivity contribution in [3.8, 4) is 22.8 Å². The Hall–Kier alpha value is -1.60. The molecular weight excluding hydrogens is 368 g/mol. The van der Waals surface area contributed by atoms with E-state index in [1.165, 1.54) is 11.3 Å². The molecule has 1 amide bonds. The molecule has 3 rings (SSSR count). The first-order chi connectivity index (χ1) is 10.6. The summed E-state index contributed by atoms with van der Waals surface area (Å²) in [5.41, 5.74) is 1.72. The van der Waals surface area contributed by atoms with E-state index >= 15 is 0 Å². The first kappa shape index (κ1) is 15.3. The van der Waals surface area contributed by atoms with E-state index in [-0.39, 0.29) is 5.91 Å². The number of amides is 1. The van der Waals surface area contributed by atoms with E-state index in [0.29, 0.717) is 17.9 Å². The lowest BCUT2D eigenvalue weighted by Crippen LogP contribution is -2.23. The van der Waals surface area contributed by atoms with Crippen LogP contribution >= 0.6 is 27.3 Å². The molecule has 0 atom stereocenters. The predicted molar refractivity (Wildman–Crippen MR) is 89.9 cm³/mol. The summed E-state index contributed by atoms with van der Waals surface area (Å²) in [6.07, 6.45) is 1.49. The van der Waals surface area contributed by atoms with Gasteiger partial charge in [0.2, 0.25) is 5.91 Å². The molecule has 0 unspecified atom stereocenters. The van der Waals surface area contributed by atoms with Crippen molar-refractivity contribution in [1.29, 1.82) is 0 Å². The van der Waals surface area contributed by atoms with Crippen molar-refractivity contribution in [2.75, 3.05) is 25.7 Å². The van der Waals surface area contributed by atoms with Gasteiger partial charge in [-0.05, 0) is 40.5 Å². The second-order valence-corrected chi connectivity index (χ2v) is 7.13. The maximum atomic E-state index is 11.9. The number of hydrogen-bond acceptors (Lipinski definition) is 5. The van der Waals surface area contributed by atoms with Gasteiger partial charge in [0, 0.05) is 18.5 Å². The first-order valence-corrected chi connectivity index (χ1v) is 8.44. The fourth-order valence-electron chi connectivity index (χ4n) is 2.42. The molecule has 0 N–H and O–H groups in total. The van der Waals surface area contributed by atoms with Crippen LogP contribution in [0.25, 0.3) is 11.3 Å². The Bertz CT molecular complexity index is 717. The Kier molecular flexibility index (Phi) is 4.35. The van der Waals surface area contributed by atoms with Crippen LogP contribution in [-0.4, -0.2) is 31.7 Å². The summed E-state index contributed by atoms with van der Waals surface area (Å²) in [4.78, 5) is 18.2. The van der Waals surface area contributed by atoms with E-state index in [0.717, 1.165) is 33.1 Å². The van der Waals surface area contributed by atoms with Crippen LogP contribution in [-0.2, 0) is 4.79 Å². The van der Waals surface area contributed by atoms with Gasteiger partial charge in [0.1, 0.15) is 0 Å². The molecule has 22 heavy (non-hydrogen) atoms. The van der Waals surface area contributed by atoms with Crippen molar-refractivity contribution in [3.63, 3.8) is 0 Å². The molecule has 1 aliphatic rings. The predicted octanol–water partition coefficient (Wildman–Crippen LogP) is 3.72. The Morgan fingerprint density at radius 3 is 2.68 bits per heavy atom. The van der Waals surface area contributed by atoms with Crippen LogP contribution in [0.2, 0.25) is 0 Å². The second-order valence-electron chi connectivity index (χ2n) is 4.84. The minimum atomic E-state index is 0.139. The number of ether oxygens (including phenoxy) is 2. The number of anilines is 1. The summed E-state index contributed by atoms with van der Waals surface area (Å²) in [5, 5.41) is 0.735. The molecule has 0 bridgehead atoms. The van der Waals surface area contributed by atoms with Crippen LogP contribution in [0.15, 0.2) is 22.0 Å². The van der Waals surface area contributed by atoms with Crippen LogP contribution in [0, 0.1) is 0 Å². The molecule has 1 aromatic heterocycles. The van der Waals surface area contributed by atoms with E-state index in [4.69, 9.17) is 9.47 Å². The quantitative estimate of drug-likeness (QED) is 0.808. The Morgan fingerprint density at radius 1 is 1.27 bits per heavy atom. The Morgan fingerprint density at radius 2 is 2.05 bits per heavy atom. The minimum absolute atomic E-state index is 0.139. The number of carbonyl (C=O) groups excluding carboxylic acids is 1. The molecule has 0 radical (unpaired) electrons. The molecule has 1 saturated heterocycles. The number of benzene rings is 1. The normalized spacial score (nSPS) is 14.5. The average Bonchev–Trinajstić information content (AvgIpc) is 3.12. The van der Waals surface area contributed by atoms with Crippen molar-refractivity contribution < 1.29 is 14.3 Å². The third-order valence-corrected chi connectivity index (χ3v) is 5.26. The smallest absolute Gasteiger partial charge is 0.228 e. The SMILES string of the molecule is COc1ccc(-c2nc(N3CCCC3=O)sc2Br)cc1OC. The standard InChI is InChI=1S/C15H15BrN2O3S/c1-20-10-6-5-9(8-11(10)21-2)13-14(16)22-15(17-13)18-7-3-4-12(18)19/h5-6,8H,3-4,7H2,1-2H3. The van der Waals surface area contributed by atoms with Crippen LogP contribution in [0.4, 0.5) is 5.13 Å². The van der Waals surface area contributed by atoms with E-state index in [2.05, 4.69) is 20.9 Å². The molecule has 0 aliphatic carbocycles. The van der Waals surface area contributed by atoms with Crippen molar-refractivity contribution >= 4 is 38.3 Å². The third-order valence-electron chi connectivity index (χ3n) is 3.54. The van der Waals surface area contributed by atoms with Gasteiger partial charge in [-0.25, -0.2) is 4.98 Å². The molecule has 116 valence electrons. The summed E-state index contributed by atoms with van der Waals surface area (Å²) < 4.78 is 11.5. The zero-order valence-electron chi connectivity index (χ0n) is 12.3. The number of thiazole rings is 1. The molecule has 5 nitrogen and oxygen atoms in total. The van der Waals surface area contributed by atoms with Gasteiger partial charge in [0.05, 0.1) is 23.7 Å². The largest absolute Gasteiger partial charge is 0.493 e. The van der Waals surface area contributed by atoms with E-state index in [1.54, 1.807) is 19.1 Å². The lowest BCUT2D eigenvalue weighted by atomic mass is 10.1. The molecule has 2 aromatic rings. The van der Waals surface area contributed by atoms with Crippen molar-refractivity contribution in [3.05, 3.63) is 22.0 Å². The number of aromatic nitrogens is 1. The maximum Gasteiger partial charge on any atom is 0.228 e. The highest BCUT2D eigenvalue weighted by Gasteiger charge is 2.26. The van der Waals surface area contributed by atoms with Crippen molar-refractivity contribution in [2.24, 2.45) is 0 Å². The number of hydrogen-bond donors (Lipinski definition) is 0. The number of methoxy groups -OCH3 is 2. The molecule has 0 spiro atoms. The molecular formula is C15H15BrN2O3S. The zero-order chi connectivity index (χ0) is 15.7. The highest BCUT2D eigenvalue weighted by Crippen LogP contribution is 2.40. The summed E-state index contributed by atoms with van der Waals surface area (Å²) in [6, 6.07) is 5.66. The van der Waals surface area contributed by atoms with Crippen molar-refractivity contribution in [1.82, 2.24) is 4.98 Å². The summed E-state index contributed by atoms with van der Waals surface area (Å²) >= 11 is 5.02. The molecule has 2 heterocycles. The van der Waals surface area contributed by atoms with Crippen LogP contribution in [0.5, 0.6) is 11.5 Å². The number of nitrogens with zero attached hydrogens (tertiary/aromatic N) is 2. The Balaban J connectivity index is 1.98. The third kappa shape index (κ3) is 2.70. The van der Waals surface area contributed by atoms with Crippen LogP contribution in [0.3, 0.4) is 0 Å². The molecule has 7 heteroatoms. The summed E-state index contributed by atoms with van der Waals surface area (Å²) in [5.74, 6) is 1.46. The fourth-order valence-corrected chi connectivity index (χ4v) is 4.03. The van der Waals surface area contributed by atoms with Crippen LogP contribution < -0.4 is 14.4 Å². The lowest BCUT2D eigenvalue weighted by molar-refractivity contribution is -0.117. The molecule has 0 saturated carbocycles. The van der Waals surface area contributed by atoms with Gasteiger partial charge in [0.15, 0.2) is 16.6 Å². The Labute approximate surface area is 141 Å². The van der Waals surface area contributed by atoms with Gasteiger partial charge in [-0.1, -0.05) is 11.3 Å². The van der Waals surface area contributed by atoms with E-state index in [9.17, 15) is 4.79 Å². The van der Waals surface area contributed by atoms with Gasteiger partial charge in [-0.3, -0.25) is 9.69 Å². The zero-order valence-corrected chi connectivity index (χ0v) is 14.7. The lowest BCUT2D eigenvalue weighted by Gasteiger charge is -2.10. The van der Waals surface area contributed by atoms with E-state index in [1.807, 2.05) is 18.2 Å². The second kappa shape index (κ2) is 6.26. The van der Waals surface area contributed by atoms with E-state index < -0.39 is 0 Å². The monoisotopic (exact) mass is 382 g/mol.